The molecular weight excluding hydrogens is 264 g/mol. The van der Waals surface area contributed by atoms with Crippen molar-refractivity contribution in [3.8, 4) is 0 Å². The highest BCUT2D eigenvalue weighted by molar-refractivity contribution is 5.92. The molecule has 3 N–H and O–H groups in total. The number of carbonyl (C=O) groups excluding carboxylic acids is 1. The number of nitrogens with zero attached hydrogens (tertiary/aromatic N) is 2. The Hall–Kier alpha value is -2.22. The zero-order valence-electron chi connectivity index (χ0n) is 11.0. The fraction of sp³-hybridized carbons (Fsp3) is 0.500. The average Bonchev–Trinajstić information content (AvgIpc) is 2.90. The van der Waals surface area contributed by atoms with Crippen LogP contribution in [0.1, 0.15) is 23.8 Å². The van der Waals surface area contributed by atoms with Crippen molar-refractivity contribution in [2.24, 2.45) is 0 Å². The summed E-state index contributed by atoms with van der Waals surface area (Å²) in [5.74, 6) is -1.01. The molecule has 8 nitrogen and oxygen atoms in total. The Kier molecular flexibility index (Phi) is 4.14. The zero-order chi connectivity index (χ0) is 14.6. The van der Waals surface area contributed by atoms with Crippen LogP contribution in [0.15, 0.2) is 12.1 Å². The number of hydrogen-bond acceptors (Lipinski definition) is 6. The first-order chi connectivity index (χ1) is 9.57. The summed E-state index contributed by atoms with van der Waals surface area (Å²) in [4.78, 5) is 22.9. The minimum Gasteiger partial charge on any atom is -0.479 e. The first-order valence-electron chi connectivity index (χ1n) is 6.28. The first-order valence-corrected chi connectivity index (χ1v) is 6.28. The monoisotopic (exact) mass is 280 g/mol. The molecule has 8 heteroatoms. The smallest absolute Gasteiger partial charge is 0.331 e. The van der Waals surface area contributed by atoms with Crippen molar-refractivity contribution < 1.29 is 19.4 Å². The van der Waals surface area contributed by atoms with Gasteiger partial charge in [0.25, 0.3) is 5.91 Å². The highest BCUT2D eigenvalue weighted by Crippen LogP contribution is 2.23. The van der Waals surface area contributed by atoms with Crippen LogP contribution in [-0.2, 0) is 9.53 Å². The molecule has 0 saturated carbocycles. The molecule has 1 unspecified atom stereocenters. The SMILES string of the molecule is CCNC(=O)c1ccc(NC2(C(=O)O)CCOC2)nn1. The number of hydrogen-bond donors (Lipinski definition) is 3. The Morgan fingerprint density at radius 3 is 2.75 bits per heavy atom. The quantitative estimate of drug-likeness (QED) is 0.689. The van der Waals surface area contributed by atoms with E-state index in [1.807, 2.05) is 0 Å². The van der Waals surface area contributed by atoms with E-state index in [9.17, 15) is 14.7 Å². The lowest BCUT2D eigenvalue weighted by molar-refractivity contribution is -0.142. The molecule has 1 aliphatic heterocycles. The number of nitrogens with one attached hydrogen (secondary N) is 2. The molecule has 108 valence electrons. The molecule has 2 rings (SSSR count). The van der Waals surface area contributed by atoms with Crippen molar-refractivity contribution in [3.63, 3.8) is 0 Å². The Bertz CT molecular complexity index is 497. The Labute approximate surface area is 115 Å². The van der Waals surface area contributed by atoms with E-state index < -0.39 is 11.5 Å². The standard InChI is InChI=1S/C12H16N4O4/c1-2-13-10(17)8-3-4-9(16-15-8)14-12(11(18)19)5-6-20-7-12/h3-4H,2,5-7H2,1H3,(H,13,17)(H,14,16)(H,18,19). The Balaban J connectivity index is 2.10. The number of amides is 1. The second kappa shape index (κ2) is 5.83. The predicted molar refractivity (Wildman–Crippen MR) is 69.5 cm³/mol. The number of aliphatic carboxylic acids is 1. The lowest BCUT2D eigenvalue weighted by atomic mass is 9.99. The molecule has 0 aliphatic carbocycles. The highest BCUT2D eigenvalue weighted by atomic mass is 16.5. The molecule has 1 aromatic heterocycles. The van der Waals surface area contributed by atoms with Gasteiger partial charge in [-0.15, -0.1) is 10.2 Å². The van der Waals surface area contributed by atoms with Crippen LogP contribution in [0.25, 0.3) is 0 Å². The number of carbonyl (C=O) groups is 2. The third-order valence-corrected chi connectivity index (χ3v) is 3.03. The largest absolute Gasteiger partial charge is 0.479 e. The maximum Gasteiger partial charge on any atom is 0.331 e. The minimum atomic E-state index is -1.18. The van der Waals surface area contributed by atoms with Gasteiger partial charge in [0.2, 0.25) is 0 Å². The number of ether oxygens (including phenoxy) is 1. The molecule has 0 bridgehead atoms. The fourth-order valence-electron chi connectivity index (χ4n) is 1.90. The van der Waals surface area contributed by atoms with Crippen molar-refractivity contribution in [2.75, 3.05) is 25.1 Å². The summed E-state index contributed by atoms with van der Waals surface area (Å²) in [6.07, 6.45) is 0.349. The third-order valence-electron chi connectivity index (χ3n) is 3.03. The van der Waals surface area contributed by atoms with Gasteiger partial charge >= 0.3 is 5.97 Å². The fourth-order valence-corrected chi connectivity index (χ4v) is 1.90. The van der Waals surface area contributed by atoms with Gasteiger partial charge in [-0.25, -0.2) is 4.79 Å². The van der Waals surface area contributed by atoms with E-state index in [0.717, 1.165) is 0 Å². The normalized spacial score (nSPS) is 21.4. The van der Waals surface area contributed by atoms with E-state index in [1.54, 1.807) is 6.92 Å². The molecule has 1 aliphatic rings. The van der Waals surface area contributed by atoms with Gasteiger partial charge in [-0.05, 0) is 19.1 Å². The molecule has 0 aromatic carbocycles. The summed E-state index contributed by atoms with van der Waals surface area (Å²) < 4.78 is 5.13. The third kappa shape index (κ3) is 2.85. The first kappa shape index (κ1) is 14.2. The second-order valence-electron chi connectivity index (χ2n) is 4.48. The van der Waals surface area contributed by atoms with Gasteiger partial charge in [0, 0.05) is 19.6 Å². The van der Waals surface area contributed by atoms with Gasteiger partial charge in [0.15, 0.2) is 11.2 Å². The van der Waals surface area contributed by atoms with Crippen molar-refractivity contribution >= 4 is 17.7 Å². The molecule has 1 saturated heterocycles. The van der Waals surface area contributed by atoms with Crippen LogP contribution in [0.4, 0.5) is 5.82 Å². The zero-order valence-corrected chi connectivity index (χ0v) is 11.0. The molecule has 20 heavy (non-hydrogen) atoms. The van der Waals surface area contributed by atoms with Gasteiger partial charge in [-0.1, -0.05) is 0 Å². The second-order valence-corrected chi connectivity index (χ2v) is 4.48. The Morgan fingerprint density at radius 2 is 2.25 bits per heavy atom. The molecule has 1 fully saturated rings. The number of rotatable bonds is 5. The minimum absolute atomic E-state index is 0.0715. The van der Waals surface area contributed by atoms with Gasteiger partial charge in [0.05, 0.1) is 6.61 Å². The molecule has 2 heterocycles. The molecular formula is C12H16N4O4. The van der Waals surface area contributed by atoms with E-state index in [4.69, 9.17) is 4.74 Å². The van der Waals surface area contributed by atoms with Crippen molar-refractivity contribution in [3.05, 3.63) is 17.8 Å². The van der Waals surface area contributed by atoms with Crippen LogP contribution < -0.4 is 10.6 Å². The summed E-state index contributed by atoms with van der Waals surface area (Å²) in [6.45, 7) is 2.75. The predicted octanol–water partition coefficient (Wildman–Crippen LogP) is -0.118. The van der Waals surface area contributed by atoms with Crippen LogP contribution in [0.5, 0.6) is 0 Å². The van der Waals surface area contributed by atoms with Gasteiger partial charge in [0.1, 0.15) is 5.82 Å². The molecule has 1 aromatic rings. The van der Waals surface area contributed by atoms with Crippen LogP contribution >= 0.6 is 0 Å². The maximum absolute atomic E-state index is 11.5. The van der Waals surface area contributed by atoms with E-state index in [2.05, 4.69) is 20.8 Å². The van der Waals surface area contributed by atoms with Crippen molar-refractivity contribution in [2.45, 2.75) is 18.9 Å². The Morgan fingerprint density at radius 1 is 1.45 bits per heavy atom. The summed E-state index contributed by atoms with van der Waals surface area (Å²) in [5, 5.41) is 22.3. The summed E-state index contributed by atoms with van der Waals surface area (Å²) >= 11 is 0. The van der Waals surface area contributed by atoms with Gasteiger partial charge < -0.3 is 20.5 Å². The summed E-state index contributed by atoms with van der Waals surface area (Å²) in [7, 11) is 0. The van der Waals surface area contributed by atoms with Crippen LogP contribution in [0.3, 0.4) is 0 Å². The molecule has 1 amide bonds. The van der Waals surface area contributed by atoms with Crippen molar-refractivity contribution in [1.29, 1.82) is 0 Å². The summed E-state index contributed by atoms with van der Waals surface area (Å²) in [5.41, 5.74) is -0.994. The van der Waals surface area contributed by atoms with Crippen LogP contribution in [0, 0.1) is 0 Å². The van der Waals surface area contributed by atoms with Crippen LogP contribution in [0.2, 0.25) is 0 Å². The maximum atomic E-state index is 11.5. The lowest BCUT2D eigenvalue weighted by Gasteiger charge is -2.23. The van der Waals surface area contributed by atoms with Gasteiger partial charge in [-0.2, -0.15) is 0 Å². The van der Waals surface area contributed by atoms with Crippen LogP contribution in [-0.4, -0.2) is 52.5 Å². The number of carboxylic acid groups (broad SMARTS) is 1. The lowest BCUT2D eigenvalue weighted by Crippen LogP contribution is -2.47. The summed E-state index contributed by atoms with van der Waals surface area (Å²) in [6, 6.07) is 3.02. The highest BCUT2D eigenvalue weighted by Gasteiger charge is 2.43. The van der Waals surface area contributed by atoms with E-state index in [0.29, 0.717) is 25.4 Å². The van der Waals surface area contributed by atoms with E-state index in [1.165, 1.54) is 12.1 Å². The molecule has 1 atom stereocenters. The average molecular weight is 280 g/mol. The van der Waals surface area contributed by atoms with Gasteiger partial charge in [-0.3, -0.25) is 4.79 Å². The molecule has 0 spiro atoms. The number of aromatic nitrogens is 2. The van der Waals surface area contributed by atoms with Crippen molar-refractivity contribution in [1.82, 2.24) is 15.5 Å². The van der Waals surface area contributed by atoms with E-state index >= 15 is 0 Å². The number of carboxylic acids is 1. The number of anilines is 1. The topological polar surface area (TPSA) is 113 Å². The molecule has 0 radical (unpaired) electrons. The van der Waals surface area contributed by atoms with E-state index in [-0.39, 0.29) is 18.2 Å².